The first-order valence-corrected chi connectivity index (χ1v) is 10.5. The molecule has 1 aliphatic heterocycles. The van der Waals surface area contributed by atoms with Gasteiger partial charge >= 0.3 is 0 Å². The predicted molar refractivity (Wildman–Crippen MR) is 127 cm³/mol. The number of methoxy groups -OCH3 is 1. The van der Waals surface area contributed by atoms with Crippen LogP contribution in [0.15, 0.2) is 72.4 Å². The quantitative estimate of drug-likeness (QED) is 0.558. The summed E-state index contributed by atoms with van der Waals surface area (Å²) in [6.07, 6.45) is 2.00. The standard InChI is InChI=1S/C27H28N2O2/c1-17-9-11-22(13-19(17)3)28-25-16-26(21-7-6-8-24(15-21)31-5)29(27(25)30)23-12-10-18(2)20(4)14-23/h6-16,26,28H,1-5H3/t26-/m1/s1. The average molecular weight is 413 g/mol. The molecule has 4 rings (SSSR count). The molecule has 0 fully saturated rings. The van der Waals surface area contributed by atoms with E-state index in [0.717, 1.165) is 28.3 Å². The molecule has 0 saturated heterocycles. The molecular formula is C27H28N2O2. The van der Waals surface area contributed by atoms with Gasteiger partial charge in [-0.15, -0.1) is 0 Å². The van der Waals surface area contributed by atoms with Crippen LogP contribution >= 0.6 is 0 Å². The highest BCUT2D eigenvalue weighted by Crippen LogP contribution is 2.37. The minimum absolute atomic E-state index is 0.0469. The Morgan fingerprint density at radius 2 is 1.55 bits per heavy atom. The van der Waals surface area contributed by atoms with E-state index in [2.05, 4.69) is 57.3 Å². The number of amides is 1. The van der Waals surface area contributed by atoms with Gasteiger partial charge in [-0.2, -0.15) is 0 Å². The molecular weight excluding hydrogens is 384 g/mol. The Morgan fingerprint density at radius 1 is 0.839 bits per heavy atom. The number of benzene rings is 3. The van der Waals surface area contributed by atoms with Crippen LogP contribution in [0.1, 0.15) is 33.9 Å². The van der Waals surface area contributed by atoms with Gasteiger partial charge in [-0.25, -0.2) is 0 Å². The van der Waals surface area contributed by atoms with Crippen LogP contribution in [0.25, 0.3) is 0 Å². The lowest BCUT2D eigenvalue weighted by molar-refractivity contribution is -0.114. The summed E-state index contributed by atoms with van der Waals surface area (Å²) in [5.41, 5.74) is 8.15. The molecule has 0 aliphatic carbocycles. The first kappa shape index (κ1) is 20.7. The molecule has 31 heavy (non-hydrogen) atoms. The van der Waals surface area contributed by atoms with E-state index in [4.69, 9.17) is 4.74 Å². The number of anilines is 2. The number of hydrogen-bond donors (Lipinski definition) is 1. The third-order valence-electron chi connectivity index (χ3n) is 6.04. The molecule has 0 radical (unpaired) electrons. The van der Waals surface area contributed by atoms with E-state index in [9.17, 15) is 4.79 Å². The number of ether oxygens (including phenoxy) is 1. The summed E-state index contributed by atoms with van der Waals surface area (Å²) >= 11 is 0. The molecule has 3 aromatic carbocycles. The van der Waals surface area contributed by atoms with Crippen molar-refractivity contribution < 1.29 is 9.53 Å². The van der Waals surface area contributed by atoms with E-state index in [1.807, 2.05) is 47.4 Å². The Balaban J connectivity index is 1.76. The van der Waals surface area contributed by atoms with Gasteiger partial charge in [-0.05, 0) is 98.0 Å². The number of carbonyl (C=O) groups is 1. The summed E-state index contributed by atoms with van der Waals surface area (Å²) in [6, 6.07) is 20.0. The van der Waals surface area contributed by atoms with Crippen molar-refractivity contribution in [3.05, 3.63) is 100 Å². The van der Waals surface area contributed by atoms with Crippen molar-refractivity contribution in [2.24, 2.45) is 0 Å². The van der Waals surface area contributed by atoms with Crippen molar-refractivity contribution >= 4 is 17.3 Å². The molecule has 158 valence electrons. The van der Waals surface area contributed by atoms with Crippen LogP contribution in [0.4, 0.5) is 11.4 Å². The first-order valence-electron chi connectivity index (χ1n) is 10.5. The first-order chi connectivity index (χ1) is 14.9. The summed E-state index contributed by atoms with van der Waals surface area (Å²) in [6.45, 7) is 8.31. The van der Waals surface area contributed by atoms with Gasteiger partial charge < -0.3 is 10.1 Å². The molecule has 1 heterocycles. The van der Waals surface area contributed by atoms with E-state index in [1.165, 1.54) is 16.7 Å². The van der Waals surface area contributed by atoms with Crippen molar-refractivity contribution in [3.63, 3.8) is 0 Å². The molecule has 4 heteroatoms. The van der Waals surface area contributed by atoms with Gasteiger partial charge in [0.05, 0.1) is 13.2 Å². The zero-order valence-electron chi connectivity index (χ0n) is 18.7. The molecule has 1 aliphatic rings. The Kier molecular flexibility index (Phi) is 5.55. The molecule has 0 bridgehead atoms. The van der Waals surface area contributed by atoms with Gasteiger partial charge in [0.1, 0.15) is 11.4 Å². The highest BCUT2D eigenvalue weighted by Gasteiger charge is 2.35. The maximum absolute atomic E-state index is 13.6. The van der Waals surface area contributed by atoms with Crippen LogP contribution in [-0.2, 0) is 4.79 Å². The fourth-order valence-corrected chi connectivity index (χ4v) is 3.85. The monoisotopic (exact) mass is 412 g/mol. The Morgan fingerprint density at radius 3 is 2.23 bits per heavy atom. The Bertz CT molecular complexity index is 1180. The van der Waals surface area contributed by atoms with E-state index in [0.29, 0.717) is 5.70 Å². The zero-order chi connectivity index (χ0) is 22.1. The smallest absolute Gasteiger partial charge is 0.275 e. The predicted octanol–water partition coefficient (Wildman–Crippen LogP) is 6.01. The maximum Gasteiger partial charge on any atom is 0.275 e. The molecule has 0 aromatic heterocycles. The van der Waals surface area contributed by atoms with Gasteiger partial charge in [-0.3, -0.25) is 9.69 Å². The number of aryl methyl sites for hydroxylation is 4. The third-order valence-corrected chi connectivity index (χ3v) is 6.04. The Labute approximate surface area is 184 Å². The van der Waals surface area contributed by atoms with Crippen molar-refractivity contribution in [1.29, 1.82) is 0 Å². The molecule has 1 N–H and O–H groups in total. The van der Waals surface area contributed by atoms with Gasteiger partial charge in [0.15, 0.2) is 0 Å². The third kappa shape index (κ3) is 4.06. The molecule has 0 unspecified atom stereocenters. The second-order valence-corrected chi connectivity index (χ2v) is 8.17. The van der Waals surface area contributed by atoms with Crippen LogP contribution < -0.4 is 15.0 Å². The topological polar surface area (TPSA) is 41.6 Å². The van der Waals surface area contributed by atoms with Gasteiger partial charge in [0.2, 0.25) is 0 Å². The fourth-order valence-electron chi connectivity index (χ4n) is 3.85. The summed E-state index contributed by atoms with van der Waals surface area (Å²) in [5, 5.41) is 3.35. The highest BCUT2D eigenvalue weighted by molar-refractivity contribution is 6.11. The van der Waals surface area contributed by atoms with E-state index in [1.54, 1.807) is 7.11 Å². The second kappa shape index (κ2) is 8.31. The molecule has 3 aromatic rings. The minimum Gasteiger partial charge on any atom is -0.497 e. The molecule has 0 spiro atoms. The largest absolute Gasteiger partial charge is 0.497 e. The van der Waals surface area contributed by atoms with Crippen LogP contribution in [0.3, 0.4) is 0 Å². The van der Waals surface area contributed by atoms with Crippen molar-refractivity contribution in [3.8, 4) is 5.75 Å². The van der Waals surface area contributed by atoms with E-state index in [-0.39, 0.29) is 11.9 Å². The highest BCUT2D eigenvalue weighted by atomic mass is 16.5. The fraction of sp³-hybridized carbons (Fsp3) is 0.222. The summed E-state index contributed by atoms with van der Waals surface area (Å²) < 4.78 is 5.42. The summed E-state index contributed by atoms with van der Waals surface area (Å²) in [4.78, 5) is 15.4. The van der Waals surface area contributed by atoms with E-state index < -0.39 is 0 Å². The summed E-state index contributed by atoms with van der Waals surface area (Å²) in [7, 11) is 1.66. The number of hydrogen-bond acceptors (Lipinski definition) is 3. The second-order valence-electron chi connectivity index (χ2n) is 8.17. The number of rotatable bonds is 5. The van der Waals surface area contributed by atoms with Crippen molar-refractivity contribution in [2.45, 2.75) is 33.7 Å². The minimum atomic E-state index is -0.223. The molecule has 0 saturated carbocycles. The lowest BCUT2D eigenvalue weighted by Crippen LogP contribution is -2.30. The van der Waals surface area contributed by atoms with Gasteiger partial charge in [-0.1, -0.05) is 24.3 Å². The van der Waals surface area contributed by atoms with Gasteiger partial charge in [0.25, 0.3) is 5.91 Å². The number of nitrogens with zero attached hydrogens (tertiary/aromatic N) is 1. The number of carbonyl (C=O) groups excluding carboxylic acids is 1. The maximum atomic E-state index is 13.6. The van der Waals surface area contributed by atoms with Crippen molar-refractivity contribution in [2.75, 3.05) is 17.3 Å². The number of nitrogens with one attached hydrogen (secondary N) is 1. The van der Waals surface area contributed by atoms with Crippen LogP contribution in [0.2, 0.25) is 0 Å². The van der Waals surface area contributed by atoms with Crippen molar-refractivity contribution in [1.82, 2.24) is 0 Å². The zero-order valence-corrected chi connectivity index (χ0v) is 18.7. The van der Waals surface area contributed by atoms with Gasteiger partial charge in [0, 0.05) is 11.4 Å². The lowest BCUT2D eigenvalue weighted by Gasteiger charge is -2.26. The van der Waals surface area contributed by atoms with Crippen LogP contribution in [-0.4, -0.2) is 13.0 Å². The Hall–Kier alpha value is -3.53. The lowest BCUT2D eigenvalue weighted by atomic mass is 10.0. The summed E-state index contributed by atoms with van der Waals surface area (Å²) in [5.74, 6) is 0.725. The molecule has 4 nitrogen and oxygen atoms in total. The van der Waals surface area contributed by atoms with Crippen LogP contribution in [0.5, 0.6) is 5.75 Å². The van der Waals surface area contributed by atoms with Crippen LogP contribution in [0, 0.1) is 27.7 Å². The molecule has 1 amide bonds. The average Bonchev–Trinajstić information content (AvgIpc) is 3.09. The van der Waals surface area contributed by atoms with E-state index >= 15 is 0 Å². The molecule has 1 atom stereocenters. The normalized spacial score (nSPS) is 15.8. The SMILES string of the molecule is COc1cccc([C@H]2C=C(Nc3ccc(C)c(C)c3)C(=O)N2c2ccc(C)c(C)c2)c1.